The van der Waals surface area contributed by atoms with Crippen LogP contribution >= 0.6 is 11.3 Å². The first-order valence-corrected chi connectivity index (χ1v) is 8.11. The van der Waals surface area contributed by atoms with Crippen molar-refractivity contribution in [2.75, 3.05) is 0 Å². The van der Waals surface area contributed by atoms with E-state index in [4.69, 9.17) is 4.74 Å². The molecule has 24 heavy (non-hydrogen) atoms. The smallest absolute Gasteiger partial charge is 0.354 e. The summed E-state index contributed by atoms with van der Waals surface area (Å²) in [5.74, 6) is -4.12. The van der Waals surface area contributed by atoms with E-state index in [1.54, 1.807) is 11.4 Å². The van der Waals surface area contributed by atoms with E-state index in [-0.39, 0.29) is 0 Å². The number of hydrogen-bond donors (Lipinski definition) is 2. The van der Waals surface area contributed by atoms with Crippen LogP contribution < -0.4 is 0 Å². The zero-order valence-electron chi connectivity index (χ0n) is 13.7. The second-order valence-electron chi connectivity index (χ2n) is 6.97. The summed E-state index contributed by atoms with van der Waals surface area (Å²) >= 11 is 1.09. The Kier molecular flexibility index (Phi) is 4.32. The van der Waals surface area contributed by atoms with Gasteiger partial charge in [0.05, 0.1) is 0 Å². The standard InChI is InChI=1S/C15H19NO7S/c1-13(2,3)23-12(18)15(20)10(16(21)22)9(8-6-5-7-24-8)14(4,19)11(15)17/h5-7,9-10,19-20H,1-4H3/t9-,10-,14-,15+/m1/s1. The van der Waals surface area contributed by atoms with Crippen molar-refractivity contribution in [1.82, 2.24) is 0 Å². The summed E-state index contributed by atoms with van der Waals surface area (Å²) in [4.78, 5) is 36.0. The highest BCUT2D eigenvalue weighted by Gasteiger charge is 2.76. The first kappa shape index (κ1) is 18.5. The molecule has 1 aromatic rings. The number of carbonyl (C=O) groups is 2. The number of Topliss-reactive ketones (excluding diaryl/α,β-unsaturated/α-hetero) is 1. The molecule has 0 bridgehead atoms. The fourth-order valence-corrected chi connectivity index (χ4v) is 3.93. The van der Waals surface area contributed by atoms with Gasteiger partial charge in [-0.3, -0.25) is 14.9 Å². The Balaban J connectivity index is 2.61. The maximum atomic E-state index is 12.6. The molecule has 1 heterocycles. The fourth-order valence-electron chi connectivity index (χ4n) is 2.95. The van der Waals surface area contributed by atoms with E-state index in [0.29, 0.717) is 4.88 Å². The molecule has 132 valence electrons. The molecule has 0 spiro atoms. The summed E-state index contributed by atoms with van der Waals surface area (Å²) in [6.45, 7) is 5.58. The second kappa shape index (κ2) is 5.61. The number of ether oxygens (including phenoxy) is 1. The predicted molar refractivity (Wildman–Crippen MR) is 84.3 cm³/mol. The van der Waals surface area contributed by atoms with Crippen molar-refractivity contribution in [2.24, 2.45) is 0 Å². The highest BCUT2D eigenvalue weighted by molar-refractivity contribution is 7.10. The second-order valence-corrected chi connectivity index (χ2v) is 7.95. The normalized spacial score (nSPS) is 33.5. The SMILES string of the molecule is CC(C)(C)OC(=O)[C@@]1(O)C(=O)[C@](C)(O)[C@H](c2cccs2)[C@H]1[N+](=O)[O-]. The van der Waals surface area contributed by atoms with Crippen LogP contribution in [0.3, 0.4) is 0 Å². The quantitative estimate of drug-likeness (QED) is 0.356. The molecule has 0 aliphatic heterocycles. The van der Waals surface area contributed by atoms with E-state index < -0.39 is 45.4 Å². The molecule has 2 N–H and O–H groups in total. The zero-order valence-corrected chi connectivity index (χ0v) is 14.5. The van der Waals surface area contributed by atoms with Gasteiger partial charge in [-0.1, -0.05) is 6.07 Å². The maximum absolute atomic E-state index is 12.6. The number of aliphatic hydroxyl groups is 2. The number of nitro groups is 1. The molecule has 1 aliphatic rings. The van der Waals surface area contributed by atoms with Crippen LogP contribution in [0.25, 0.3) is 0 Å². The number of nitrogens with zero attached hydrogens (tertiary/aromatic N) is 1. The molecular formula is C15H19NO7S. The van der Waals surface area contributed by atoms with Crippen molar-refractivity contribution in [3.05, 3.63) is 32.5 Å². The fraction of sp³-hybridized carbons (Fsp3) is 0.600. The molecule has 0 amide bonds. The Bertz CT molecular complexity index is 676. The first-order chi connectivity index (χ1) is 10.8. The van der Waals surface area contributed by atoms with Crippen LogP contribution in [0.2, 0.25) is 0 Å². The lowest BCUT2D eigenvalue weighted by Crippen LogP contribution is -2.58. The lowest BCUT2D eigenvalue weighted by atomic mass is 9.89. The number of esters is 1. The summed E-state index contributed by atoms with van der Waals surface area (Å²) in [7, 11) is 0. The topological polar surface area (TPSA) is 127 Å². The van der Waals surface area contributed by atoms with Gasteiger partial charge < -0.3 is 14.9 Å². The van der Waals surface area contributed by atoms with Crippen LogP contribution in [0.1, 0.15) is 38.5 Å². The molecule has 0 unspecified atom stereocenters. The number of hydrogen-bond acceptors (Lipinski definition) is 8. The van der Waals surface area contributed by atoms with E-state index in [1.165, 1.54) is 26.8 Å². The Morgan fingerprint density at radius 1 is 1.42 bits per heavy atom. The highest BCUT2D eigenvalue weighted by atomic mass is 32.1. The molecular weight excluding hydrogens is 338 g/mol. The molecule has 0 aromatic carbocycles. The van der Waals surface area contributed by atoms with E-state index >= 15 is 0 Å². The zero-order chi connectivity index (χ0) is 18.5. The van der Waals surface area contributed by atoms with Crippen LogP contribution in [0.15, 0.2) is 17.5 Å². The molecule has 1 saturated carbocycles. The minimum atomic E-state index is -3.06. The van der Waals surface area contributed by atoms with Gasteiger partial charge in [0.1, 0.15) is 17.1 Å². The van der Waals surface area contributed by atoms with Gasteiger partial charge in [0.2, 0.25) is 5.78 Å². The average molecular weight is 357 g/mol. The number of rotatable bonds is 3. The molecule has 8 nitrogen and oxygen atoms in total. The van der Waals surface area contributed by atoms with Crippen LogP contribution in [-0.4, -0.2) is 49.7 Å². The summed E-state index contributed by atoms with van der Waals surface area (Å²) < 4.78 is 5.01. The molecule has 2 rings (SSSR count). The van der Waals surface area contributed by atoms with E-state index in [2.05, 4.69) is 0 Å². The third-order valence-electron chi connectivity index (χ3n) is 3.94. The average Bonchev–Trinajstić information content (AvgIpc) is 2.97. The van der Waals surface area contributed by atoms with Gasteiger partial charge in [0.25, 0.3) is 11.6 Å². The lowest BCUT2D eigenvalue weighted by Gasteiger charge is -2.27. The van der Waals surface area contributed by atoms with Gasteiger partial charge >= 0.3 is 5.97 Å². The van der Waals surface area contributed by atoms with Crippen molar-refractivity contribution in [2.45, 2.75) is 56.5 Å². The molecule has 0 radical (unpaired) electrons. The van der Waals surface area contributed by atoms with E-state index in [1.807, 2.05) is 0 Å². The third kappa shape index (κ3) is 2.72. The monoisotopic (exact) mass is 357 g/mol. The molecule has 9 heteroatoms. The number of carbonyl (C=O) groups excluding carboxylic acids is 2. The molecule has 0 saturated heterocycles. The van der Waals surface area contributed by atoms with Crippen molar-refractivity contribution in [3.8, 4) is 0 Å². The summed E-state index contributed by atoms with van der Waals surface area (Å²) in [5.41, 5.74) is -6.41. The van der Waals surface area contributed by atoms with Crippen molar-refractivity contribution in [1.29, 1.82) is 0 Å². The van der Waals surface area contributed by atoms with Gasteiger partial charge in [0.15, 0.2) is 0 Å². The third-order valence-corrected chi connectivity index (χ3v) is 4.90. The molecule has 4 atom stereocenters. The maximum Gasteiger partial charge on any atom is 0.354 e. The van der Waals surface area contributed by atoms with E-state index in [9.17, 15) is 29.9 Å². The first-order valence-electron chi connectivity index (χ1n) is 7.23. The molecule has 1 aliphatic carbocycles. The molecule has 1 fully saturated rings. The van der Waals surface area contributed by atoms with Crippen LogP contribution in [0, 0.1) is 10.1 Å². The van der Waals surface area contributed by atoms with Crippen LogP contribution in [-0.2, 0) is 14.3 Å². The minimum absolute atomic E-state index is 0.328. The predicted octanol–water partition coefficient (Wildman–Crippen LogP) is 0.883. The lowest BCUT2D eigenvalue weighted by molar-refractivity contribution is -0.540. The number of ketones is 1. The minimum Gasteiger partial charge on any atom is -0.457 e. The van der Waals surface area contributed by atoms with Crippen molar-refractivity contribution < 1.29 is 29.5 Å². The van der Waals surface area contributed by atoms with Crippen molar-refractivity contribution in [3.63, 3.8) is 0 Å². The van der Waals surface area contributed by atoms with Gasteiger partial charge in [0, 0.05) is 9.80 Å². The molecule has 1 aromatic heterocycles. The summed E-state index contributed by atoms with van der Waals surface area (Å²) in [6.07, 6.45) is 0. The van der Waals surface area contributed by atoms with Crippen LogP contribution in [0.5, 0.6) is 0 Å². The Morgan fingerprint density at radius 2 is 2.00 bits per heavy atom. The number of thiophene rings is 1. The van der Waals surface area contributed by atoms with E-state index in [0.717, 1.165) is 18.3 Å². The largest absolute Gasteiger partial charge is 0.457 e. The van der Waals surface area contributed by atoms with Gasteiger partial charge in [-0.15, -0.1) is 11.3 Å². The van der Waals surface area contributed by atoms with Crippen molar-refractivity contribution >= 4 is 23.1 Å². The van der Waals surface area contributed by atoms with Gasteiger partial charge in [-0.2, -0.15) is 0 Å². The Hall–Kier alpha value is -1.84. The summed E-state index contributed by atoms with van der Waals surface area (Å²) in [6, 6.07) is 1.06. The van der Waals surface area contributed by atoms with Crippen LogP contribution in [0.4, 0.5) is 0 Å². The Labute approximate surface area is 142 Å². The highest BCUT2D eigenvalue weighted by Crippen LogP contribution is 2.49. The van der Waals surface area contributed by atoms with Gasteiger partial charge in [-0.25, -0.2) is 4.79 Å². The van der Waals surface area contributed by atoms with Gasteiger partial charge in [-0.05, 0) is 39.1 Å². The summed E-state index contributed by atoms with van der Waals surface area (Å²) in [5, 5.41) is 34.5. The Morgan fingerprint density at radius 3 is 2.42 bits per heavy atom.